The summed E-state index contributed by atoms with van der Waals surface area (Å²) in [5.74, 6) is 0.445. The number of amidine groups is 1. The molecule has 0 atom stereocenters. The van der Waals surface area contributed by atoms with Gasteiger partial charge in [-0.25, -0.2) is 4.98 Å². The Kier molecular flexibility index (Phi) is 3.77. The number of thiazole rings is 1. The minimum Gasteiger partial charge on any atom is -0.486 e. The highest BCUT2D eigenvalue weighted by Gasteiger charge is 2.09. The van der Waals surface area contributed by atoms with Crippen LogP contribution in [0.4, 0.5) is 0 Å². The Hall–Kier alpha value is -2.11. The fourth-order valence-corrected chi connectivity index (χ4v) is 3.00. The Morgan fingerprint density at radius 1 is 1.29 bits per heavy atom. The Morgan fingerprint density at radius 2 is 2.10 bits per heavy atom. The van der Waals surface area contributed by atoms with Gasteiger partial charge in [0, 0.05) is 5.02 Å². The monoisotopic (exact) mass is 317 g/mol. The Labute approximate surface area is 130 Å². The van der Waals surface area contributed by atoms with Gasteiger partial charge < -0.3 is 10.5 Å². The number of para-hydroxylation sites is 1. The van der Waals surface area contributed by atoms with Crippen LogP contribution in [0.3, 0.4) is 0 Å². The van der Waals surface area contributed by atoms with Crippen LogP contribution >= 0.6 is 22.9 Å². The molecule has 0 aliphatic heterocycles. The average molecular weight is 318 g/mol. The van der Waals surface area contributed by atoms with Crippen molar-refractivity contribution in [1.82, 2.24) is 4.98 Å². The molecule has 6 heteroatoms. The number of hydrogen-bond acceptors (Lipinski definition) is 4. The van der Waals surface area contributed by atoms with Crippen molar-refractivity contribution in [3.63, 3.8) is 0 Å². The van der Waals surface area contributed by atoms with Crippen molar-refractivity contribution in [2.75, 3.05) is 0 Å². The molecule has 21 heavy (non-hydrogen) atoms. The van der Waals surface area contributed by atoms with Crippen molar-refractivity contribution in [2.45, 2.75) is 6.61 Å². The Bertz CT molecular complexity index is 783. The van der Waals surface area contributed by atoms with Crippen molar-refractivity contribution >= 4 is 39.0 Å². The molecule has 0 bridgehead atoms. The molecule has 0 saturated carbocycles. The molecule has 1 heterocycles. The molecule has 3 aromatic rings. The zero-order valence-electron chi connectivity index (χ0n) is 11.0. The van der Waals surface area contributed by atoms with E-state index < -0.39 is 0 Å². The van der Waals surface area contributed by atoms with Crippen molar-refractivity contribution in [3.05, 3.63) is 58.1 Å². The average Bonchev–Trinajstić information content (AvgIpc) is 2.87. The van der Waals surface area contributed by atoms with Crippen LogP contribution in [-0.4, -0.2) is 10.8 Å². The highest BCUT2D eigenvalue weighted by molar-refractivity contribution is 7.18. The maximum atomic E-state index is 7.56. The van der Waals surface area contributed by atoms with Gasteiger partial charge in [0.15, 0.2) is 0 Å². The van der Waals surface area contributed by atoms with E-state index in [1.54, 1.807) is 29.5 Å². The molecule has 0 aliphatic rings. The van der Waals surface area contributed by atoms with E-state index in [0.717, 1.165) is 15.2 Å². The van der Waals surface area contributed by atoms with Crippen molar-refractivity contribution in [2.24, 2.45) is 5.73 Å². The van der Waals surface area contributed by atoms with Crippen LogP contribution in [0.2, 0.25) is 5.02 Å². The quantitative estimate of drug-likeness (QED) is 0.567. The van der Waals surface area contributed by atoms with Crippen molar-refractivity contribution < 1.29 is 4.74 Å². The van der Waals surface area contributed by atoms with Gasteiger partial charge >= 0.3 is 0 Å². The molecule has 0 fully saturated rings. The number of rotatable bonds is 4. The summed E-state index contributed by atoms with van der Waals surface area (Å²) in [7, 11) is 0. The number of nitrogen functional groups attached to an aromatic ring is 1. The molecule has 106 valence electrons. The Morgan fingerprint density at radius 3 is 2.86 bits per heavy atom. The largest absolute Gasteiger partial charge is 0.486 e. The first kappa shape index (κ1) is 13.9. The van der Waals surface area contributed by atoms with Gasteiger partial charge in [0.1, 0.15) is 23.2 Å². The number of ether oxygens (including phenoxy) is 1. The summed E-state index contributed by atoms with van der Waals surface area (Å²) < 4.78 is 6.86. The van der Waals surface area contributed by atoms with Crippen molar-refractivity contribution in [3.8, 4) is 5.75 Å². The van der Waals surface area contributed by atoms with Crippen LogP contribution in [0.15, 0.2) is 42.5 Å². The van der Waals surface area contributed by atoms with E-state index in [1.807, 2.05) is 24.3 Å². The van der Waals surface area contributed by atoms with Crippen LogP contribution < -0.4 is 10.5 Å². The first-order valence-electron chi connectivity index (χ1n) is 6.24. The predicted octanol–water partition coefficient (Wildman–Crippen LogP) is 3.81. The van der Waals surface area contributed by atoms with Crippen LogP contribution in [0.5, 0.6) is 5.75 Å². The first-order valence-corrected chi connectivity index (χ1v) is 7.44. The molecule has 3 N–H and O–H groups in total. The third-order valence-electron chi connectivity index (χ3n) is 2.92. The van der Waals surface area contributed by atoms with Gasteiger partial charge in [-0.1, -0.05) is 23.7 Å². The second-order valence-corrected chi connectivity index (χ2v) is 5.97. The first-order chi connectivity index (χ1) is 10.1. The second kappa shape index (κ2) is 5.71. The summed E-state index contributed by atoms with van der Waals surface area (Å²) in [6.07, 6.45) is 0. The van der Waals surface area contributed by atoms with E-state index in [4.69, 9.17) is 27.5 Å². The third-order valence-corrected chi connectivity index (χ3v) is 4.17. The maximum absolute atomic E-state index is 7.56. The van der Waals surface area contributed by atoms with Gasteiger partial charge in [-0.05, 0) is 30.3 Å². The Balaban J connectivity index is 1.84. The molecule has 1 aromatic heterocycles. The van der Waals surface area contributed by atoms with Crippen LogP contribution in [0.25, 0.3) is 10.2 Å². The van der Waals surface area contributed by atoms with Gasteiger partial charge in [0.05, 0.1) is 15.8 Å². The van der Waals surface area contributed by atoms with Crippen LogP contribution in [0.1, 0.15) is 10.6 Å². The number of nitrogens with two attached hydrogens (primary N) is 1. The van der Waals surface area contributed by atoms with E-state index in [0.29, 0.717) is 22.9 Å². The molecule has 2 aromatic carbocycles. The lowest BCUT2D eigenvalue weighted by Crippen LogP contribution is -2.13. The van der Waals surface area contributed by atoms with E-state index >= 15 is 0 Å². The predicted molar refractivity (Wildman–Crippen MR) is 86.4 cm³/mol. The number of aromatic nitrogens is 1. The lowest BCUT2D eigenvalue weighted by Gasteiger charge is -2.09. The number of nitrogens with zero attached hydrogens (tertiary/aromatic N) is 1. The molecule has 0 unspecified atom stereocenters. The molecule has 0 aliphatic carbocycles. The third kappa shape index (κ3) is 2.99. The number of benzene rings is 2. The summed E-state index contributed by atoms with van der Waals surface area (Å²) in [6, 6.07) is 13.0. The number of nitrogens with one attached hydrogen (secondary N) is 1. The lowest BCUT2D eigenvalue weighted by molar-refractivity contribution is 0.305. The van der Waals surface area contributed by atoms with Gasteiger partial charge in [0.2, 0.25) is 0 Å². The lowest BCUT2D eigenvalue weighted by atomic mass is 10.2. The summed E-state index contributed by atoms with van der Waals surface area (Å²) in [5, 5.41) is 8.97. The number of hydrogen-bond donors (Lipinski definition) is 2. The normalized spacial score (nSPS) is 10.7. The molecular weight excluding hydrogens is 306 g/mol. The van der Waals surface area contributed by atoms with E-state index in [2.05, 4.69) is 4.98 Å². The molecular formula is C15H12ClN3OS. The van der Waals surface area contributed by atoms with E-state index in [1.165, 1.54) is 0 Å². The maximum Gasteiger partial charge on any atom is 0.140 e. The van der Waals surface area contributed by atoms with Gasteiger partial charge in [-0.2, -0.15) is 0 Å². The smallest absolute Gasteiger partial charge is 0.140 e. The molecule has 4 nitrogen and oxygen atoms in total. The molecule has 0 saturated heterocycles. The highest BCUT2D eigenvalue weighted by atomic mass is 35.5. The van der Waals surface area contributed by atoms with Crippen LogP contribution in [-0.2, 0) is 6.61 Å². The zero-order valence-corrected chi connectivity index (χ0v) is 12.5. The molecule has 0 spiro atoms. The fourth-order valence-electron chi connectivity index (χ4n) is 1.96. The summed E-state index contributed by atoms with van der Waals surface area (Å²) >= 11 is 7.54. The highest BCUT2D eigenvalue weighted by Crippen LogP contribution is 2.26. The summed E-state index contributed by atoms with van der Waals surface area (Å²) in [4.78, 5) is 4.50. The fraction of sp³-hybridized carbons (Fsp3) is 0.0667. The number of fused-ring (bicyclic) bond motifs is 1. The van der Waals surface area contributed by atoms with Crippen molar-refractivity contribution in [1.29, 1.82) is 5.41 Å². The van der Waals surface area contributed by atoms with E-state index in [9.17, 15) is 0 Å². The van der Waals surface area contributed by atoms with Gasteiger partial charge in [0.25, 0.3) is 0 Å². The van der Waals surface area contributed by atoms with Crippen LogP contribution in [0, 0.1) is 5.41 Å². The number of halogens is 1. The topological polar surface area (TPSA) is 72.0 Å². The standard InChI is InChI=1S/C15H12ClN3OS/c16-9-5-6-10(15(17)18)12(7-9)20-8-14-19-11-3-1-2-4-13(11)21-14/h1-7H,8H2,(H3,17,18). The zero-order chi connectivity index (χ0) is 14.8. The summed E-state index contributed by atoms with van der Waals surface area (Å²) in [6.45, 7) is 0.319. The second-order valence-electron chi connectivity index (χ2n) is 4.42. The van der Waals surface area contributed by atoms with Gasteiger partial charge in [-0.3, -0.25) is 5.41 Å². The van der Waals surface area contributed by atoms with E-state index in [-0.39, 0.29) is 5.84 Å². The molecule has 3 rings (SSSR count). The summed E-state index contributed by atoms with van der Waals surface area (Å²) in [5.41, 5.74) is 7.03. The SMILES string of the molecule is N=C(N)c1ccc(Cl)cc1OCc1nc2ccccc2s1. The molecule has 0 radical (unpaired) electrons. The minimum absolute atomic E-state index is 0.0500. The minimum atomic E-state index is -0.0500. The van der Waals surface area contributed by atoms with Gasteiger partial charge in [-0.15, -0.1) is 11.3 Å². The molecule has 0 amide bonds.